The highest BCUT2D eigenvalue weighted by Gasteiger charge is 2.09. The van der Waals surface area contributed by atoms with Crippen LogP contribution < -0.4 is 10.6 Å². The van der Waals surface area contributed by atoms with E-state index >= 15 is 0 Å². The van der Waals surface area contributed by atoms with Crippen LogP contribution in [-0.2, 0) is 6.54 Å². The molecular weight excluding hydrogens is 291 g/mol. The van der Waals surface area contributed by atoms with Crippen LogP contribution in [0.15, 0.2) is 36.4 Å². The molecule has 0 aromatic heterocycles. The van der Waals surface area contributed by atoms with Gasteiger partial charge in [-0.15, -0.1) is 0 Å². The summed E-state index contributed by atoms with van der Waals surface area (Å²) in [5, 5.41) is 5.94. The molecule has 0 bridgehead atoms. The Morgan fingerprint density at radius 1 is 1.19 bits per heavy atom. The van der Waals surface area contributed by atoms with Crippen molar-refractivity contribution in [2.45, 2.75) is 20.4 Å². The van der Waals surface area contributed by atoms with E-state index in [-0.39, 0.29) is 11.8 Å². The molecule has 2 amide bonds. The molecule has 2 N–H and O–H groups in total. The van der Waals surface area contributed by atoms with E-state index in [1.807, 2.05) is 19.9 Å². The second kappa shape index (κ2) is 6.59. The quantitative estimate of drug-likeness (QED) is 0.866. The molecule has 0 radical (unpaired) electrons. The van der Waals surface area contributed by atoms with Gasteiger partial charge in [0.05, 0.1) is 10.7 Å². The first-order valence-corrected chi connectivity index (χ1v) is 6.89. The van der Waals surface area contributed by atoms with E-state index < -0.39 is 0 Å². The fraction of sp³-hybridized carbons (Fsp3) is 0.188. The zero-order valence-corrected chi connectivity index (χ0v) is 12.6. The van der Waals surface area contributed by atoms with Crippen LogP contribution in [0.4, 0.5) is 14.9 Å². The van der Waals surface area contributed by atoms with Crippen molar-refractivity contribution in [3.8, 4) is 0 Å². The molecule has 5 heteroatoms. The summed E-state index contributed by atoms with van der Waals surface area (Å²) in [7, 11) is 0. The van der Waals surface area contributed by atoms with Crippen LogP contribution in [0.2, 0.25) is 5.02 Å². The molecule has 0 saturated heterocycles. The van der Waals surface area contributed by atoms with Gasteiger partial charge in [0.1, 0.15) is 5.82 Å². The van der Waals surface area contributed by atoms with Gasteiger partial charge in [0.15, 0.2) is 0 Å². The summed E-state index contributed by atoms with van der Waals surface area (Å²) in [5.41, 5.74) is 3.35. The first kappa shape index (κ1) is 15.3. The third-order valence-electron chi connectivity index (χ3n) is 3.04. The van der Waals surface area contributed by atoms with E-state index in [1.54, 1.807) is 18.2 Å². The van der Waals surface area contributed by atoms with E-state index in [0.717, 1.165) is 16.7 Å². The molecule has 0 spiro atoms. The number of urea groups is 1. The zero-order valence-electron chi connectivity index (χ0n) is 11.8. The van der Waals surface area contributed by atoms with Crippen molar-refractivity contribution < 1.29 is 9.18 Å². The number of hydrogen-bond acceptors (Lipinski definition) is 1. The largest absolute Gasteiger partial charge is 0.334 e. The van der Waals surface area contributed by atoms with E-state index in [0.29, 0.717) is 17.3 Å². The van der Waals surface area contributed by atoms with Crippen molar-refractivity contribution in [2.75, 3.05) is 5.32 Å². The topological polar surface area (TPSA) is 41.1 Å². The first-order chi connectivity index (χ1) is 9.95. The molecule has 0 aliphatic heterocycles. The Morgan fingerprint density at radius 2 is 1.86 bits per heavy atom. The second-order valence-corrected chi connectivity index (χ2v) is 5.28. The molecule has 3 nitrogen and oxygen atoms in total. The van der Waals surface area contributed by atoms with Crippen molar-refractivity contribution in [3.63, 3.8) is 0 Å². The molecule has 0 aliphatic rings. The van der Waals surface area contributed by atoms with Crippen molar-refractivity contribution in [1.82, 2.24) is 5.32 Å². The Balaban J connectivity index is 1.97. The molecule has 0 unspecified atom stereocenters. The third kappa shape index (κ3) is 4.20. The molecule has 0 fully saturated rings. The Kier molecular flexibility index (Phi) is 4.81. The monoisotopic (exact) mass is 306 g/mol. The number of rotatable bonds is 3. The fourth-order valence-electron chi connectivity index (χ4n) is 2.02. The van der Waals surface area contributed by atoms with Gasteiger partial charge in [-0.1, -0.05) is 29.8 Å². The number of benzene rings is 2. The first-order valence-electron chi connectivity index (χ1n) is 6.52. The van der Waals surface area contributed by atoms with E-state index in [2.05, 4.69) is 10.6 Å². The Morgan fingerprint density at radius 3 is 2.48 bits per heavy atom. The fourth-order valence-corrected chi connectivity index (χ4v) is 2.38. The van der Waals surface area contributed by atoms with Crippen LogP contribution in [0, 0.1) is 19.7 Å². The average molecular weight is 307 g/mol. The lowest BCUT2D eigenvalue weighted by Gasteiger charge is -2.12. The van der Waals surface area contributed by atoms with Gasteiger partial charge in [0, 0.05) is 6.54 Å². The predicted octanol–water partition coefficient (Wildman–Crippen LogP) is 4.42. The number of halogens is 2. The maximum Gasteiger partial charge on any atom is 0.319 e. The minimum atomic E-state index is -0.354. The van der Waals surface area contributed by atoms with Crippen molar-refractivity contribution >= 4 is 23.3 Å². The molecule has 0 aliphatic carbocycles. The third-order valence-corrected chi connectivity index (χ3v) is 3.33. The normalized spacial score (nSPS) is 10.3. The average Bonchev–Trinajstić information content (AvgIpc) is 2.42. The number of aryl methyl sites for hydroxylation is 2. The maximum atomic E-state index is 12.8. The smallest absolute Gasteiger partial charge is 0.319 e. The van der Waals surface area contributed by atoms with Gasteiger partial charge in [-0.05, 0) is 48.7 Å². The lowest BCUT2D eigenvalue weighted by Crippen LogP contribution is -2.28. The Hall–Kier alpha value is -2.07. The second-order valence-electron chi connectivity index (χ2n) is 4.87. The number of anilines is 1. The molecule has 0 heterocycles. The van der Waals surface area contributed by atoms with Gasteiger partial charge < -0.3 is 10.6 Å². The van der Waals surface area contributed by atoms with Crippen LogP contribution >= 0.6 is 11.6 Å². The summed E-state index contributed by atoms with van der Waals surface area (Å²) >= 11 is 6.13. The lowest BCUT2D eigenvalue weighted by molar-refractivity contribution is 0.251. The molecular formula is C16H16ClFN2O. The van der Waals surface area contributed by atoms with E-state index in [4.69, 9.17) is 11.6 Å². The maximum absolute atomic E-state index is 12.8. The summed E-state index contributed by atoms with van der Waals surface area (Å²) in [5.74, 6) is -0.301. The summed E-state index contributed by atoms with van der Waals surface area (Å²) in [6.07, 6.45) is 0. The van der Waals surface area contributed by atoms with E-state index in [9.17, 15) is 9.18 Å². The van der Waals surface area contributed by atoms with Crippen molar-refractivity contribution in [2.24, 2.45) is 0 Å². The minimum absolute atomic E-state index is 0.301. The van der Waals surface area contributed by atoms with Gasteiger partial charge in [-0.2, -0.15) is 0 Å². The lowest BCUT2D eigenvalue weighted by atomic mass is 10.1. The highest BCUT2D eigenvalue weighted by molar-refractivity contribution is 6.34. The van der Waals surface area contributed by atoms with Gasteiger partial charge in [0.2, 0.25) is 0 Å². The zero-order chi connectivity index (χ0) is 15.4. The molecule has 0 saturated carbocycles. The predicted molar refractivity (Wildman–Crippen MR) is 83.2 cm³/mol. The van der Waals surface area contributed by atoms with Crippen LogP contribution in [0.1, 0.15) is 16.7 Å². The molecule has 0 atom stereocenters. The van der Waals surface area contributed by atoms with Crippen LogP contribution in [-0.4, -0.2) is 6.03 Å². The molecule has 2 aromatic rings. The SMILES string of the molecule is Cc1cc(C)c(NC(=O)NCc2ccc(F)cc2)c(Cl)c1. The summed E-state index contributed by atoms with van der Waals surface area (Å²) in [6.45, 7) is 4.14. The van der Waals surface area contributed by atoms with Crippen LogP contribution in [0.25, 0.3) is 0 Å². The van der Waals surface area contributed by atoms with Crippen molar-refractivity contribution in [3.05, 3.63) is 63.9 Å². The molecule has 110 valence electrons. The number of hydrogen-bond donors (Lipinski definition) is 2. The van der Waals surface area contributed by atoms with Crippen LogP contribution in [0.5, 0.6) is 0 Å². The Bertz CT molecular complexity index is 633. The highest BCUT2D eigenvalue weighted by atomic mass is 35.5. The minimum Gasteiger partial charge on any atom is -0.334 e. The summed E-state index contributed by atoms with van der Waals surface area (Å²) in [6, 6.07) is 9.35. The number of nitrogens with one attached hydrogen (secondary N) is 2. The highest BCUT2D eigenvalue weighted by Crippen LogP contribution is 2.27. The molecule has 2 aromatic carbocycles. The summed E-state index contributed by atoms with van der Waals surface area (Å²) < 4.78 is 12.8. The summed E-state index contributed by atoms with van der Waals surface area (Å²) in [4.78, 5) is 11.9. The molecule has 2 rings (SSSR count). The van der Waals surface area contributed by atoms with Gasteiger partial charge in [0.25, 0.3) is 0 Å². The molecule has 21 heavy (non-hydrogen) atoms. The van der Waals surface area contributed by atoms with Crippen molar-refractivity contribution in [1.29, 1.82) is 0 Å². The van der Waals surface area contributed by atoms with Crippen LogP contribution in [0.3, 0.4) is 0 Å². The van der Waals surface area contributed by atoms with Gasteiger partial charge >= 0.3 is 6.03 Å². The van der Waals surface area contributed by atoms with Gasteiger partial charge in [-0.25, -0.2) is 9.18 Å². The number of carbonyl (C=O) groups excluding carboxylic acids is 1. The Labute approximate surface area is 128 Å². The number of carbonyl (C=O) groups is 1. The standard InChI is InChI=1S/C16H16ClFN2O/c1-10-7-11(2)15(14(17)8-10)20-16(21)19-9-12-3-5-13(18)6-4-12/h3-8H,9H2,1-2H3,(H2,19,20,21). The van der Waals surface area contributed by atoms with Gasteiger partial charge in [-0.3, -0.25) is 0 Å². The van der Waals surface area contributed by atoms with E-state index in [1.165, 1.54) is 12.1 Å². The number of amides is 2.